The highest BCUT2D eigenvalue weighted by Crippen LogP contribution is 2.24. The van der Waals surface area contributed by atoms with Crippen molar-refractivity contribution >= 4 is 41.2 Å². The number of anilines is 2. The summed E-state index contributed by atoms with van der Waals surface area (Å²) in [5, 5.41) is 7.09. The summed E-state index contributed by atoms with van der Waals surface area (Å²) < 4.78 is 15.4. The van der Waals surface area contributed by atoms with Crippen molar-refractivity contribution in [2.24, 2.45) is 0 Å². The van der Waals surface area contributed by atoms with Gasteiger partial charge in [-0.2, -0.15) is 0 Å². The third kappa shape index (κ3) is 6.90. The summed E-state index contributed by atoms with van der Waals surface area (Å²) in [6, 6.07) is 20.1. The van der Waals surface area contributed by atoms with E-state index < -0.39 is 6.16 Å². The van der Waals surface area contributed by atoms with Crippen LogP contribution < -0.4 is 10.6 Å². The van der Waals surface area contributed by atoms with Crippen LogP contribution >= 0.6 is 12.4 Å². The van der Waals surface area contributed by atoms with Gasteiger partial charge >= 0.3 is 6.16 Å². The predicted molar refractivity (Wildman–Crippen MR) is 189 cm³/mol. The average Bonchev–Trinajstić information content (AvgIpc) is 3.51. The van der Waals surface area contributed by atoms with Gasteiger partial charge in [0, 0.05) is 36.9 Å². The molecule has 0 bridgehead atoms. The Bertz CT molecular complexity index is 1920. The number of nitrogens with one attached hydrogen (secondary N) is 2. The largest absolute Gasteiger partial charge is 0.508 e. The van der Waals surface area contributed by atoms with Crippen LogP contribution in [0.5, 0.6) is 0 Å². The molecule has 0 spiro atoms. The van der Waals surface area contributed by atoms with Gasteiger partial charge in [-0.1, -0.05) is 36.4 Å². The quantitative estimate of drug-likeness (QED) is 0.144. The molecule has 6 aromatic rings. The van der Waals surface area contributed by atoms with Crippen molar-refractivity contribution in [1.82, 2.24) is 18.8 Å². The number of carbonyl (C=O) groups is 1. The molecule has 0 saturated carbocycles. The number of aryl methyl sites for hydroxylation is 6. The maximum atomic E-state index is 12.8. The minimum Gasteiger partial charge on any atom is -0.429 e. The van der Waals surface area contributed by atoms with E-state index in [2.05, 4.69) is 59.3 Å². The Morgan fingerprint density at radius 3 is 1.49 bits per heavy atom. The van der Waals surface area contributed by atoms with E-state index in [0.717, 1.165) is 78.8 Å². The minimum absolute atomic E-state index is 0. The summed E-state index contributed by atoms with van der Waals surface area (Å²) in [5.74, 6) is 0. The molecule has 0 fully saturated rings. The maximum Gasteiger partial charge on any atom is 0.508 e. The normalized spacial score (nSPS) is 11.0. The van der Waals surface area contributed by atoms with Gasteiger partial charge in [0.25, 0.3) is 0 Å². The molecular formula is C37H41ClN6O3. The fraction of sp³-hybridized carbons (Fsp3) is 0.270. The Balaban J connectivity index is 0.00000433. The third-order valence-electron chi connectivity index (χ3n) is 8.87. The number of hydrogen-bond acceptors (Lipinski definition) is 7. The summed E-state index contributed by atoms with van der Waals surface area (Å²) in [6.45, 7) is 13.6. The van der Waals surface area contributed by atoms with Gasteiger partial charge in [0.05, 0.1) is 22.8 Å². The fourth-order valence-corrected chi connectivity index (χ4v) is 5.86. The van der Waals surface area contributed by atoms with E-state index in [1.807, 2.05) is 74.8 Å². The molecule has 0 unspecified atom stereocenters. The number of imidazole rings is 2. The predicted octanol–water partition coefficient (Wildman–Crippen LogP) is 8.33. The highest BCUT2D eigenvalue weighted by molar-refractivity contribution is 5.85. The number of hydrogen-bond donors (Lipinski definition) is 2. The molecule has 0 aliphatic heterocycles. The molecule has 0 radical (unpaired) electrons. The van der Waals surface area contributed by atoms with Gasteiger partial charge in [-0.05, 0) is 99.2 Å². The van der Waals surface area contributed by atoms with E-state index in [9.17, 15) is 4.79 Å². The first-order valence-corrected chi connectivity index (χ1v) is 15.5. The Kier molecular flexibility index (Phi) is 10.1. The molecule has 2 aromatic carbocycles. The second kappa shape index (κ2) is 14.2. The number of pyridine rings is 2. The third-order valence-corrected chi connectivity index (χ3v) is 8.87. The summed E-state index contributed by atoms with van der Waals surface area (Å²) >= 11 is 0. The molecule has 6 rings (SSSR count). The molecule has 4 heterocycles. The van der Waals surface area contributed by atoms with Crippen molar-refractivity contribution < 1.29 is 14.3 Å². The van der Waals surface area contributed by atoms with E-state index >= 15 is 0 Å². The molecule has 9 nitrogen and oxygen atoms in total. The van der Waals surface area contributed by atoms with Crippen molar-refractivity contribution in [3.05, 3.63) is 129 Å². The smallest absolute Gasteiger partial charge is 0.429 e. The molecule has 0 saturated heterocycles. The summed E-state index contributed by atoms with van der Waals surface area (Å²) in [7, 11) is 0. The van der Waals surface area contributed by atoms with Crippen molar-refractivity contribution in [3.63, 3.8) is 0 Å². The Labute approximate surface area is 281 Å². The van der Waals surface area contributed by atoms with Crippen LogP contribution in [0.3, 0.4) is 0 Å². The lowest BCUT2D eigenvalue weighted by Crippen LogP contribution is -2.12. The highest BCUT2D eigenvalue weighted by atomic mass is 35.5. The van der Waals surface area contributed by atoms with Crippen LogP contribution in [0.2, 0.25) is 0 Å². The van der Waals surface area contributed by atoms with E-state index in [-0.39, 0.29) is 25.6 Å². The van der Waals surface area contributed by atoms with Gasteiger partial charge in [0.1, 0.15) is 13.2 Å². The minimum atomic E-state index is -0.706. The lowest BCUT2D eigenvalue weighted by atomic mass is 10.0. The van der Waals surface area contributed by atoms with Gasteiger partial charge in [0.2, 0.25) is 0 Å². The number of nitrogens with zero attached hydrogens (tertiary/aromatic N) is 4. The van der Waals surface area contributed by atoms with E-state index in [1.165, 1.54) is 0 Å². The Morgan fingerprint density at radius 2 is 1.06 bits per heavy atom. The van der Waals surface area contributed by atoms with E-state index in [0.29, 0.717) is 13.1 Å². The first kappa shape index (κ1) is 33.3. The molecule has 244 valence electrons. The van der Waals surface area contributed by atoms with Gasteiger partial charge in [-0.3, -0.25) is 0 Å². The van der Waals surface area contributed by atoms with Crippen LogP contribution in [0.1, 0.15) is 56.2 Å². The van der Waals surface area contributed by atoms with Crippen LogP contribution in [0.25, 0.3) is 11.3 Å². The molecule has 0 aliphatic carbocycles. The standard InChI is InChI=1S/C37H40N6O3.ClH/c1-23-11-7-13-29(31(23)19-38-33-15-9-17-42-27(5)25(3)40-35(33)42)21-45-37(44)46-22-30-14-8-12-24(2)32(30)20-39-34-16-10-18-43-28(6)26(4)41-36(34)43;/h7-18,38-39H,19-22H2,1-6H3;1H. The lowest BCUT2D eigenvalue weighted by molar-refractivity contribution is 0.0443. The summed E-state index contributed by atoms with van der Waals surface area (Å²) in [4.78, 5) is 22.3. The van der Waals surface area contributed by atoms with Crippen molar-refractivity contribution in [2.75, 3.05) is 10.6 Å². The zero-order valence-electron chi connectivity index (χ0n) is 27.7. The Hall–Kier alpha value is -5.02. The zero-order chi connectivity index (χ0) is 32.4. The highest BCUT2D eigenvalue weighted by Gasteiger charge is 2.15. The average molecular weight is 653 g/mol. The number of halogens is 1. The Morgan fingerprint density at radius 1 is 0.638 bits per heavy atom. The van der Waals surface area contributed by atoms with E-state index in [1.54, 1.807) is 0 Å². The maximum absolute atomic E-state index is 12.8. The van der Waals surface area contributed by atoms with Crippen LogP contribution in [-0.2, 0) is 35.8 Å². The van der Waals surface area contributed by atoms with Crippen molar-refractivity contribution in [2.45, 2.75) is 67.8 Å². The van der Waals surface area contributed by atoms with Gasteiger partial charge in [0.15, 0.2) is 11.3 Å². The fourth-order valence-electron chi connectivity index (χ4n) is 5.86. The second-order valence-electron chi connectivity index (χ2n) is 11.8. The summed E-state index contributed by atoms with van der Waals surface area (Å²) in [6.07, 6.45) is 3.34. The number of benzene rings is 2. The van der Waals surface area contributed by atoms with Crippen LogP contribution in [-0.4, -0.2) is 24.9 Å². The molecule has 0 aliphatic rings. The monoisotopic (exact) mass is 652 g/mol. The van der Waals surface area contributed by atoms with Gasteiger partial charge in [-0.25, -0.2) is 14.8 Å². The molecule has 4 aromatic heterocycles. The van der Waals surface area contributed by atoms with Crippen molar-refractivity contribution in [3.8, 4) is 0 Å². The number of rotatable bonds is 10. The second-order valence-corrected chi connectivity index (χ2v) is 11.8. The SMILES string of the molecule is Cc1cccc(COC(=O)OCc2cccc(C)c2CNc2cccn3c(C)c(C)nc23)c1CNc1cccn2c(C)c(C)nc12.Cl. The molecular weight excluding hydrogens is 612 g/mol. The lowest BCUT2D eigenvalue weighted by Gasteiger charge is -2.16. The first-order chi connectivity index (χ1) is 22.2. The zero-order valence-corrected chi connectivity index (χ0v) is 28.5. The number of aromatic nitrogens is 4. The van der Waals surface area contributed by atoms with Gasteiger partial charge < -0.3 is 28.9 Å². The molecule has 10 heteroatoms. The molecule has 0 amide bonds. The van der Waals surface area contributed by atoms with Crippen LogP contribution in [0.15, 0.2) is 73.1 Å². The molecule has 0 atom stereocenters. The van der Waals surface area contributed by atoms with E-state index in [4.69, 9.17) is 19.4 Å². The van der Waals surface area contributed by atoms with Gasteiger partial charge in [-0.15, -0.1) is 12.4 Å². The molecule has 47 heavy (non-hydrogen) atoms. The number of fused-ring (bicyclic) bond motifs is 2. The number of ether oxygens (including phenoxy) is 2. The molecule has 2 N–H and O–H groups in total. The number of carbonyl (C=O) groups excluding carboxylic acids is 1. The van der Waals surface area contributed by atoms with Crippen molar-refractivity contribution in [1.29, 1.82) is 0 Å². The summed E-state index contributed by atoms with van der Waals surface area (Å²) in [5.41, 5.74) is 14.1. The topological polar surface area (TPSA) is 94.2 Å². The van der Waals surface area contributed by atoms with Crippen LogP contribution in [0, 0.1) is 41.5 Å². The first-order valence-electron chi connectivity index (χ1n) is 15.5. The van der Waals surface area contributed by atoms with Crippen LogP contribution in [0.4, 0.5) is 16.2 Å².